The fraction of sp³-hybridized carbons (Fsp3) is 0.972. The normalized spacial score (nSPS) is 50.6. The molecule has 0 aromatic rings. The summed E-state index contributed by atoms with van der Waals surface area (Å²) >= 11 is 0. The van der Waals surface area contributed by atoms with Crippen molar-refractivity contribution in [1.82, 2.24) is 9.80 Å². The quantitative estimate of drug-likeness (QED) is 0.237. The number of likely N-dealkylation sites (N-methyl/N-ethyl adjacent to an activating group) is 2. The minimum Gasteiger partial charge on any atom is -0.459 e. The van der Waals surface area contributed by atoms with Crippen LogP contribution in [0.4, 0.5) is 0 Å². The number of carbonyl (C=O) groups excluding carboxylic acids is 1. The van der Waals surface area contributed by atoms with Gasteiger partial charge in [-0.25, -0.2) is 0 Å². The van der Waals surface area contributed by atoms with Crippen molar-refractivity contribution in [3.63, 3.8) is 0 Å². The van der Waals surface area contributed by atoms with Crippen molar-refractivity contribution in [3.05, 3.63) is 0 Å². The van der Waals surface area contributed by atoms with E-state index in [0.29, 0.717) is 6.42 Å². The fourth-order valence-electron chi connectivity index (χ4n) is 8.17. The van der Waals surface area contributed by atoms with E-state index in [0.717, 1.165) is 0 Å². The van der Waals surface area contributed by atoms with Crippen molar-refractivity contribution in [1.29, 1.82) is 0 Å². The van der Waals surface area contributed by atoms with Gasteiger partial charge >= 0.3 is 5.97 Å². The average Bonchev–Trinajstić information content (AvgIpc) is 3.05. The second-order valence-electron chi connectivity index (χ2n) is 16.2. The van der Waals surface area contributed by atoms with Crippen LogP contribution in [0.3, 0.4) is 0 Å². The van der Waals surface area contributed by atoms with E-state index < -0.39 is 102 Å². The molecule has 3 aliphatic heterocycles. The number of aliphatic hydroxyl groups excluding tert-OH is 2. The lowest BCUT2D eigenvalue weighted by Crippen LogP contribution is -2.66. The Labute approximate surface area is 299 Å². The van der Waals surface area contributed by atoms with Gasteiger partial charge in [-0.15, -0.1) is 0 Å². The van der Waals surface area contributed by atoms with E-state index in [2.05, 4.69) is 0 Å². The van der Waals surface area contributed by atoms with E-state index in [9.17, 15) is 25.2 Å². The molecule has 14 heteroatoms. The van der Waals surface area contributed by atoms with Crippen molar-refractivity contribution in [2.45, 2.75) is 185 Å². The molecule has 3 fully saturated rings. The summed E-state index contributed by atoms with van der Waals surface area (Å²) in [5.74, 6) is -2.40. The number of methoxy groups -OCH3 is 1. The molecule has 6 N–H and O–H groups in total. The Balaban J connectivity index is 2.20. The molecule has 3 heterocycles. The van der Waals surface area contributed by atoms with Gasteiger partial charge in [-0.3, -0.25) is 9.69 Å². The fourth-order valence-corrected chi connectivity index (χ4v) is 8.17. The van der Waals surface area contributed by atoms with Crippen molar-refractivity contribution in [2.75, 3.05) is 28.3 Å². The van der Waals surface area contributed by atoms with Crippen LogP contribution in [0.5, 0.6) is 0 Å². The molecule has 0 bridgehead atoms. The summed E-state index contributed by atoms with van der Waals surface area (Å²) in [7, 11) is 7.09. The molecule has 3 aliphatic rings. The molecule has 0 amide bonds. The highest BCUT2D eigenvalue weighted by molar-refractivity contribution is 5.73. The first kappa shape index (κ1) is 43.4. The van der Waals surface area contributed by atoms with Gasteiger partial charge in [-0.2, -0.15) is 0 Å². The summed E-state index contributed by atoms with van der Waals surface area (Å²) in [6.07, 6.45) is -7.24. The van der Waals surface area contributed by atoms with Gasteiger partial charge in [-0.1, -0.05) is 13.8 Å². The second kappa shape index (κ2) is 16.6. The molecule has 0 aromatic carbocycles. The van der Waals surface area contributed by atoms with Crippen molar-refractivity contribution in [2.24, 2.45) is 17.6 Å². The molecule has 3 rings (SSSR count). The van der Waals surface area contributed by atoms with Gasteiger partial charge in [0, 0.05) is 37.6 Å². The molecule has 50 heavy (non-hydrogen) atoms. The lowest BCUT2D eigenvalue weighted by atomic mass is 9.77. The third-order valence-corrected chi connectivity index (χ3v) is 12.4. The van der Waals surface area contributed by atoms with Crippen molar-refractivity contribution < 1.29 is 53.6 Å². The smallest absolute Gasteiger partial charge is 0.311 e. The van der Waals surface area contributed by atoms with Crippen LogP contribution >= 0.6 is 0 Å². The zero-order chi connectivity index (χ0) is 38.3. The number of esters is 1. The summed E-state index contributed by atoms with van der Waals surface area (Å²) in [4.78, 5) is 17.8. The molecule has 14 nitrogen and oxygen atoms in total. The number of cyclic esters (lactones) is 1. The predicted octanol–water partition coefficient (Wildman–Crippen LogP) is 1.23. The van der Waals surface area contributed by atoms with Crippen LogP contribution in [0.25, 0.3) is 0 Å². The second-order valence-corrected chi connectivity index (χ2v) is 16.2. The van der Waals surface area contributed by atoms with Crippen LogP contribution in [0.15, 0.2) is 0 Å². The van der Waals surface area contributed by atoms with Crippen molar-refractivity contribution >= 4 is 5.97 Å². The zero-order valence-corrected chi connectivity index (χ0v) is 32.9. The number of hydrogen-bond acceptors (Lipinski definition) is 14. The number of nitrogens with two attached hydrogens (primary N) is 1. The van der Waals surface area contributed by atoms with Gasteiger partial charge in [0.15, 0.2) is 12.6 Å². The van der Waals surface area contributed by atoms with Gasteiger partial charge in [0.1, 0.15) is 29.5 Å². The number of rotatable bonds is 7. The minimum atomic E-state index is -1.84. The molecule has 0 radical (unpaired) electrons. The van der Waals surface area contributed by atoms with E-state index in [1.165, 1.54) is 6.92 Å². The van der Waals surface area contributed by atoms with E-state index in [4.69, 9.17) is 34.2 Å². The summed E-state index contributed by atoms with van der Waals surface area (Å²) < 4.78 is 37.7. The van der Waals surface area contributed by atoms with Gasteiger partial charge < -0.3 is 59.5 Å². The van der Waals surface area contributed by atoms with Crippen LogP contribution in [0.1, 0.15) is 88.5 Å². The summed E-state index contributed by atoms with van der Waals surface area (Å²) in [6, 6.07) is -2.13. The highest BCUT2D eigenvalue weighted by Crippen LogP contribution is 2.40. The molecule has 18 atom stereocenters. The molecule has 0 saturated carbocycles. The van der Waals surface area contributed by atoms with Crippen LogP contribution < -0.4 is 5.73 Å². The van der Waals surface area contributed by atoms with Crippen LogP contribution in [0.2, 0.25) is 0 Å². The summed E-state index contributed by atoms with van der Waals surface area (Å²) in [5, 5.41) is 47.5. The Morgan fingerprint density at radius 2 is 1.60 bits per heavy atom. The van der Waals surface area contributed by atoms with E-state index in [1.54, 1.807) is 53.7 Å². The Hall–Kier alpha value is -1.01. The molecule has 0 aromatic heterocycles. The average molecular weight is 720 g/mol. The molecular formula is C36H69N3O11. The maximum absolute atomic E-state index is 14.1. The lowest BCUT2D eigenvalue weighted by Gasteiger charge is -2.51. The third kappa shape index (κ3) is 8.68. The molecule has 0 unspecified atom stereocenters. The Bertz CT molecular complexity index is 1110. The maximum Gasteiger partial charge on any atom is 0.311 e. The van der Waals surface area contributed by atoms with Gasteiger partial charge in [0.2, 0.25) is 0 Å². The highest BCUT2D eigenvalue weighted by Gasteiger charge is 2.55. The first-order chi connectivity index (χ1) is 23.0. The van der Waals surface area contributed by atoms with E-state index in [1.807, 2.05) is 46.7 Å². The third-order valence-electron chi connectivity index (χ3n) is 12.4. The molecule has 3 saturated heterocycles. The first-order valence-electron chi connectivity index (χ1n) is 18.3. The monoisotopic (exact) mass is 719 g/mol. The van der Waals surface area contributed by atoms with Gasteiger partial charge in [-0.05, 0) is 89.4 Å². The number of aliphatic hydroxyl groups is 4. The molecule has 0 aliphatic carbocycles. The Kier molecular flexibility index (Phi) is 14.4. The maximum atomic E-state index is 14.1. The first-order valence-corrected chi connectivity index (χ1v) is 18.3. The molecule has 294 valence electrons. The number of hydrogen-bond donors (Lipinski definition) is 5. The van der Waals surface area contributed by atoms with Gasteiger partial charge in [0.25, 0.3) is 0 Å². The Morgan fingerprint density at radius 3 is 2.14 bits per heavy atom. The van der Waals surface area contributed by atoms with Gasteiger partial charge in [0.05, 0.1) is 42.0 Å². The number of ether oxygens (including phenoxy) is 6. The SMILES string of the molecule is CC[C@H]1OC(=O)[C@H](C)[C@@H](O[C@H]2C[C@@](C)(OC)[C@H](N)[C@H](C)O2)[C@H](C)[C@@H](O[C@@H]2O[C@H](C)C[C@H](N(C)C)[C@H]2O)[C@](C)(O)[C@@H](C)N(C)[C@H](C)[C@@H](O)[C@]1(C)O. The molecule has 0 spiro atoms. The van der Waals surface area contributed by atoms with Crippen LogP contribution in [-0.2, 0) is 33.2 Å². The predicted molar refractivity (Wildman–Crippen MR) is 187 cm³/mol. The van der Waals surface area contributed by atoms with Crippen LogP contribution in [-0.4, -0.2) is 161 Å². The summed E-state index contributed by atoms with van der Waals surface area (Å²) in [6.45, 7) is 17.5. The zero-order valence-electron chi connectivity index (χ0n) is 32.9. The Morgan fingerprint density at radius 1 is 1.00 bits per heavy atom. The highest BCUT2D eigenvalue weighted by atomic mass is 16.7. The number of nitrogens with zero attached hydrogens (tertiary/aromatic N) is 2. The van der Waals surface area contributed by atoms with E-state index in [-0.39, 0.29) is 25.0 Å². The van der Waals surface area contributed by atoms with Crippen LogP contribution in [0, 0.1) is 11.8 Å². The number of carbonyl (C=O) groups is 1. The topological polar surface area (TPSA) is 186 Å². The lowest BCUT2D eigenvalue weighted by molar-refractivity contribution is -0.313. The standard InChI is InChI=1S/C36H69N3O11/c1-15-25-36(10,44)30(41)21(5)39(13)23(7)35(9,43)31(50-33-27(40)24(38(11)12)16-18(2)46-33)19(3)28(20(4)32(42)48-25)49-26-17-34(8,45-14)29(37)22(6)47-26/h18-31,33,40-41,43-44H,15-17,37H2,1-14H3/t18-,19+,20-,21-,22+,23-,24+,25-,26+,27-,28+,29-,30-,31-,33+,34-,35-,36-/m1/s1. The van der Waals surface area contributed by atoms with Crippen molar-refractivity contribution in [3.8, 4) is 0 Å². The summed E-state index contributed by atoms with van der Waals surface area (Å²) in [5.41, 5.74) is 2.12. The molecular weight excluding hydrogens is 650 g/mol. The van der Waals surface area contributed by atoms with E-state index >= 15 is 0 Å². The largest absolute Gasteiger partial charge is 0.459 e. The minimum absolute atomic E-state index is 0.231.